The lowest BCUT2D eigenvalue weighted by Gasteiger charge is -2.32. The number of sulfone groups is 1. The standard InChI is InChI=1S/C13H22BFO4S/c1-11(2)8-20(16,17)7-9(11)10(15)14-18-12(3,4)13(5,6)19-14/h7-8H2,1-6H3. The van der Waals surface area contributed by atoms with E-state index in [1.807, 2.05) is 27.7 Å². The number of hydrogen-bond acceptors (Lipinski definition) is 4. The second kappa shape index (κ2) is 4.30. The molecule has 0 amide bonds. The Balaban J connectivity index is 2.38. The van der Waals surface area contributed by atoms with Gasteiger partial charge in [-0.3, -0.25) is 0 Å². The highest BCUT2D eigenvalue weighted by Gasteiger charge is 2.55. The molecule has 0 unspecified atom stereocenters. The molecular weight excluding hydrogens is 282 g/mol. The molecule has 20 heavy (non-hydrogen) atoms. The summed E-state index contributed by atoms with van der Waals surface area (Å²) in [5.74, 6) is -0.293. The van der Waals surface area contributed by atoms with Crippen molar-refractivity contribution in [1.82, 2.24) is 0 Å². The molecule has 114 valence electrons. The summed E-state index contributed by atoms with van der Waals surface area (Å²) in [6.45, 7) is 10.8. The van der Waals surface area contributed by atoms with Gasteiger partial charge in [-0.05, 0) is 33.3 Å². The van der Waals surface area contributed by atoms with Crippen LogP contribution in [0.15, 0.2) is 11.3 Å². The van der Waals surface area contributed by atoms with Crippen LogP contribution in [0.1, 0.15) is 41.5 Å². The fourth-order valence-electron chi connectivity index (χ4n) is 2.58. The fraction of sp³-hybridized carbons (Fsp3) is 0.846. The molecule has 0 aromatic carbocycles. The van der Waals surface area contributed by atoms with Crippen LogP contribution in [0, 0.1) is 5.41 Å². The van der Waals surface area contributed by atoms with Gasteiger partial charge in [0.2, 0.25) is 0 Å². The monoisotopic (exact) mass is 304 g/mol. The summed E-state index contributed by atoms with van der Waals surface area (Å²) in [6, 6.07) is 0. The zero-order valence-corrected chi connectivity index (χ0v) is 13.7. The van der Waals surface area contributed by atoms with Crippen LogP contribution in [0.4, 0.5) is 4.39 Å². The van der Waals surface area contributed by atoms with E-state index in [1.165, 1.54) is 0 Å². The molecule has 2 rings (SSSR count). The molecule has 7 heteroatoms. The van der Waals surface area contributed by atoms with Gasteiger partial charge in [-0.1, -0.05) is 13.8 Å². The molecule has 2 fully saturated rings. The second-order valence-electron chi connectivity index (χ2n) is 7.33. The fourth-order valence-corrected chi connectivity index (χ4v) is 4.93. The van der Waals surface area contributed by atoms with E-state index in [-0.39, 0.29) is 17.1 Å². The Hall–Kier alpha value is -0.395. The summed E-state index contributed by atoms with van der Waals surface area (Å²) in [5.41, 5.74) is -2.31. The normalized spacial score (nSPS) is 32.5. The lowest BCUT2D eigenvalue weighted by atomic mass is 9.77. The van der Waals surface area contributed by atoms with E-state index in [2.05, 4.69) is 0 Å². The van der Waals surface area contributed by atoms with Crippen molar-refractivity contribution >= 4 is 17.0 Å². The topological polar surface area (TPSA) is 52.6 Å². The van der Waals surface area contributed by atoms with Crippen LogP contribution in [0.25, 0.3) is 0 Å². The lowest BCUT2D eigenvalue weighted by molar-refractivity contribution is 0.00578. The summed E-state index contributed by atoms with van der Waals surface area (Å²) < 4.78 is 49.5. The highest BCUT2D eigenvalue weighted by molar-refractivity contribution is 7.91. The summed E-state index contributed by atoms with van der Waals surface area (Å²) in [7, 11) is -4.37. The van der Waals surface area contributed by atoms with Crippen molar-refractivity contribution in [2.45, 2.75) is 52.7 Å². The van der Waals surface area contributed by atoms with Crippen LogP contribution in [0.2, 0.25) is 0 Å². The van der Waals surface area contributed by atoms with E-state index >= 15 is 0 Å². The summed E-state index contributed by atoms with van der Waals surface area (Å²) in [5, 5.41) is 0. The van der Waals surface area contributed by atoms with Crippen molar-refractivity contribution in [3.8, 4) is 0 Å². The molecule has 0 aromatic rings. The Kier molecular flexibility index (Phi) is 3.44. The molecule has 0 aromatic heterocycles. The third-order valence-corrected chi connectivity index (χ3v) is 6.40. The smallest absolute Gasteiger partial charge is 0.398 e. The average molecular weight is 304 g/mol. The molecule has 0 saturated carbocycles. The van der Waals surface area contributed by atoms with Crippen LogP contribution in [-0.2, 0) is 19.1 Å². The highest BCUT2D eigenvalue weighted by Crippen LogP contribution is 2.44. The Labute approximate surface area is 120 Å². The maximum Gasteiger partial charge on any atom is 0.525 e. The third-order valence-electron chi connectivity index (χ3n) is 4.51. The molecule has 4 nitrogen and oxygen atoms in total. The molecule has 0 bridgehead atoms. The first kappa shape index (κ1) is 16.0. The van der Waals surface area contributed by atoms with Crippen LogP contribution in [-0.4, -0.2) is 38.2 Å². The third kappa shape index (κ3) is 2.55. The maximum atomic E-state index is 14.7. The van der Waals surface area contributed by atoms with Crippen LogP contribution < -0.4 is 0 Å². The van der Waals surface area contributed by atoms with Crippen molar-refractivity contribution in [2.75, 3.05) is 11.5 Å². The molecule has 0 aliphatic carbocycles. The second-order valence-corrected chi connectivity index (χ2v) is 9.40. The van der Waals surface area contributed by atoms with Gasteiger partial charge in [-0.15, -0.1) is 0 Å². The first-order valence-corrected chi connectivity index (χ1v) is 8.55. The Morgan fingerprint density at radius 3 is 1.90 bits per heavy atom. The van der Waals surface area contributed by atoms with Crippen molar-refractivity contribution in [1.29, 1.82) is 0 Å². The van der Waals surface area contributed by atoms with Gasteiger partial charge < -0.3 is 9.31 Å². The molecule has 2 heterocycles. The minimum atomic E-state index is -3.24. The lowest BCUT2D eigenvalue weighted by Crippen LogP contribution is -2.41. The van der Waals surface area contributed by atoms with Gasteiger partial charge in [-0.2, -0.15) is 0 Å². The number of halogens is 1. The zero-order valence-electron chi connectivity index (χ0n) is 12.9. The molecule has 2 aliphatic heterocycles. The quantitative estimate of drug-likeness (QED) is 0.698. The first-order chi connectivity index (χ1) is 8.78. The SMILES string of the molecule is CC1(C)CS(=O)(=O)CC1=C(F)B1OC(C)(C)C(C)(C)O1. The number of hydrogen-bond donors (Lipinski definition) is 0. The van der Waals surface area contributed by atoms with Crippen molar-refractivity contribution < 1.29 is 22.1 Å². The van der Waals surface area contributed by atoms with E-state index in [1.54, 1.807) is 13.8 Å². The maximum absolute atomic E-state index is 14.7. The van der Waals surface area contributed by atoms with Gasteiger partial charge in [0.15, 0.2) is 9.84 Å². The van der Waals surface area contributed by atoms with E-state index in [0.717, 1.165) is 0 Å². The van der Waals surface area contributed by atoms with Gasteiger partial charge in [0, 0.05) is 5.41 Å². The average Bonchev–Trinajstić information content (AvgIpc) is 2.55. The van der Waals surface area contributed by atoms with Crippen molar-refractivity contribution in [3.05, 3.63) is 11.3 Å². The van der Waals surface area contributed by atoms with Gasteiger partial charge in [0.05, 0.1) is 22.7 Å². The molecule has 0 N–H and O–H groups in total. The van der Waals surface area contributed by atoms with E-state index in [9.17, 15) is 12.8 Å². The summed E-state index contributed by atoms with van der Waals surface area (Å²) in [6.07, 6.45) is 0. The van der Waals surface area contributed by atoms with Gasteiger partial charge in [0.1, 0.15) is 5.73 Å². The Bertz CT molecular complexity index is 547. The van der Waals surface area contributed by atoms with Crippen molar-refractivity contribution in [2.24, 2.45) is 5.41 Å². The minimum Gasteiger partial charge on any atom is -0.398 e. The summed E-state index contributed by atoms with van der Waals surface area (Å²) in [4.78, 5) is 0. The van der Waals surface area contributed by atoms with E-state index in [4.69, 9.17) is 9.31 Å². The van der Waals surface area contributed by atoms with Gasteiger partial charge in [-0.25, -0.2) is 12.8 Å². The molecule has 2 aliphatic rings. The van der Waals surface area contributed by atoms with Crippen LogP contribution in [0.5, 0.6) is 0 Å². The predicted molar refractivity (Wildman–Crippen MR) is 76.7 cm³/mol. The zero-order chi connectivity index (χ0) is 15.6. The molecule has 0 atom stereocenters. The minimum absolute atomic E-state index is 0.0394. The van der Waals surface area contributed by atoms with Crippen molar-refractivity contribution in [3.63, 3.8) is 0 Å². The summed E-state index contributed by atoms with van der Waals surface area (Å²) >= 11 is 0. The Morgan fingerprint density at radius 1 is 1.10 bits per heavy atom. The molecule has 0 spiro atoms. The largest absolute Gasteiger partial charge is 0.525 e. The van der Waals surface area contributed by atoms with Gasteiger partial charge >= 0.3 is 7.12 Å². The van der Waals surface area contributed by atoms with E-state index in [0.29, 0.717) is 0 Å². The molecule has 2 saturated heterocycles. The van der Waals surface area contributed by atoms with Crippen LogP contribution in [0.3, 0.4) is 0 Å². The molecule has 0 radical (unpaired) electrons. The molecular formula is C13H22BFO4S. The first-order valence-electron chi connectivity index (χ1n) is 6.73. The highest BCUT2D eigenvalue weighted by atomic mass is 32.2. The van der Waals surface area contributed by atoms with E-state index < -0.39 is 39.3 Å². The number of rotatable bonds is 1. The predicted octanol–water partition coefficient (Wildman–Crippen LogP) is 2.30. The van der Waals surface area contributed by atoms with Gasteiger partial charge in [0.25, 0.3) is 0 Å². The van der Waals surface area contributed by atoms with Crippen LogP contribution >= 0.6 is 0 Å². The Morgan fingerprint density at radius 2 is 1.55 bits per heavy atom.